The Balaban J connectivity index is 1.69. The van der Waals surface area contributed by atoms with E-state index < -0.39 is 0 Å². The van der Waals surface area contributed by atoms with Crippen molar-refractivity contribution < 1.29 is 4.79 Å². The van der Waals surface area contributed by atoms with E-state index in [-0.39, 0.29) is 11.9 Å². The molecule has 1 atom stereocenters. The van der Waals surface area contributed by atoms with Crippen LogP contribution in [0.1, 0.15) is 35.9 Å². The lowest BCUT2D eigenvalue weighted by Gasteiger charge is -2.36. The molecule has 0 radical (unpaired) electrons. The molecule has 0 fully saturated rings. The summed E-state index contributed by atoms with van der Waals surface area (Å²) in [5.41, 5.74) is 1.95. The van der Waals surface area contributed by atoms with Gasteiger partial charge in [0, 0.05) is 42.8 Å². The highest BCUT2D eigenvalue weighted by molar-refractivity contribution is 7.08. The van der Waals surface area contributed by atoms with Crippen LogP contribution in [0.2, 0.25) is 0 Å². The van der Waals surface area contributed by atoms with Gasteiger partial charge in [0.15, 0.2) is 0 Å². The van der Waals surface area contributed by atoms with Gasteiger partial charge in [-0.2, -0.15) is 16.4 Å². The van der Waals surface area contributed by atoms with Crippen LogP contribution in [-0.2, 0) is 6.54 Å². The van der Waals surface area contributed by atoms with Crippen molar-refractivity contribution >= 4 is 17.2 Å². The lowest BCUT2D eigenvalue weighted by atomic mass is 10.1. The first-order valence-corrected chi connectivity index (χ1v) is 8.16. The Morgan fingerprint density at radius 3 is 3.10 bits per heavy atom. The van der Waals surface area contributed by atoms with Gasteiger partial charge in [-0.3, -0.25) is 14.4 Å². The second-order valence-electron chi connectivity index (χ2n) is 5.67. The van der Waals surface area contributed by atoms with Crippen LogP contribution in [0.5, 0.6) is 0 Å². The Morgan fingerprint density at radius 1 is 1.52 bits per heavy atom. The lowest BCUT2D eigenvalue weighted by molar-refractivity contribution is 0.0925. The minimum absolute atomic E-state index is 0.00775. The zero-order valence-corrected chi connectivity index (χ0v) is 13.1. The van der Waals surface area contributed by atoms with E-state index in [1.165, 1.54) is 17.0 Å². The van der Waals surface area contributed by atoms with Gasteiger partial charge in [-0.05, 0) is 31.4 Å². The first kappa shape index (κ1) is 14.3. The fourth-order valence-electron chi connectivity index (χ4n) is 2.67. The topological polar surface area (TPSA) is 50.2 Å². The van der Waals surface area contributed by atoms with Crippen LogP contribution in [0.4, 0.5) is 0 Å². The highest BCUT2D eigenvalue weighted by Crippen LogP contribution is 2.21. The van der Waals surface area contributed by atoms with Gasteiger partial charge >= 0.3 is 0 Å². The van der Waals surface area contributed by atoms with Crippen LogP contribution in [0.15, 0.2) is 29.1 Å². The maximum Gasteiger partial charge on any atom is 0.252 e. The number of nitrogens with one attached hydrogen (secondary N) is 1. The minimum Gasteiger partial charge on any atom is -0.350 e. The van der Waals surface area contributed by atoms with Crippen LogP contribution < -0.4 is 5.32 Å². The molecule has 6 heteroatoms. The first-order chi connectivity index (χ1) is 10.1. The van der Waals surface area contributed by atoms with Gasteiger partial charge < -0.3 is 5.32 Å². The largest absolute Gasteiger partial charge is 0.350 e. The van der Waals surface area contributed by atoms with Crippen molar-refractivity contribution in [3.05, 3.63) is 40.3 Å². The molecule has 0 bridgehead atoms. The molecule has 5 nitrogen and oxygen atoms in total. The molecule has 0 spiro atoms. The van der Waals surface area contributed by atoms with E-state index in [2.05, 4.69) is 35.2 Å². The fraction of sp³-hybridized carbons (Fsp3) is 0.467. The molecule has 1 amide bonds. The maximum atomic E-state index is 12.1. The molecule has 112 valence electrons. The number of rotatable bonds is 4. The van der Waals surface area contributed by atoms with Gasteiger partial charge in [-0.15, -0.1) is 0 Å². The van der Waals surface area contributed by atoms with Crippen LogP contribution in [-0.4, -0.2) is 39.7 Å². The monoisotopic (exact) mass is 304 g/mol. The third-order valence-corrected chi connectivity index (χ3v) is 4.60. The highest BCUT2D eigenvalue weighted by Gasteiger charge is 2.27. The van der Waals surface area contributed by atoms with E-state index in [9.17, 15) is 4.79 Å². The summed E-state index contributed by atoms with van der Waals surface area (Å²) >= 11 is 1.54. The average molecular weight is 304 g/mol. The van der Waals surface area contributed by atoms with E-state index in [1.807, 2.05) is 27.7 Å². The molecule has 3 heterocycles. The molecular formula is C15H20N4OS. The number of aromatic nitrogens is 2. The number of carbonyl (C=O) groups is 1. The number of hydrogen-bond donors (Lipinski definition) is 1. The predicted octanol–water partition coefficient (Wildman–Crippen LogP) is 2.14. The standard InChI is InChI=1S/C15H20N4OS/c1-11(2)18-8-13-3-5-17-19(13)14(9-18)7-16-15(20)12-4-6-21-10-12/h3-6,10-11,14H,7-9H2,1-2H3,(H,16,20). The number of nitrogens with zero attached hydrogens (tertiary/aromatic N) is 3. The molecule has 0 aliphatic carbocycles. The van der Waals surface area contributed by atoms with Crippen LogP contribution >= 0.6 is 11.3 Å². The number of fused-ring (bicyclic) bond motifs is 1. The summed E-state index contributed by atoms with van der Waals surface area (Å²) in [7, 11) is 0. The minimum atomic E-state index is -0.00775. The Labute approximate surface area is 128 Å². The lowest BCUT2D eigenvalue weighted by Crippen LogP contribution is -2.45. The summed E-state index contributed by atoms with van der Waals surface area (Å²) in [4.78, 5) is 14.5. The Hall–Kier alpha value is -1.66. The van der Waals surface area contributed by atoms with Crippen LogP contribution in [0, 0.1) is 0 Å². The van der Waals surface area contributed by atoms with E-state index in [4.69, 9.17) is 0 Å². The summed E-state index contributed by atoms with van der Waals surface area (Å²) in [5.74, 6) is -0.00775. The number of thiophene rings is 1. The maximum absolute atomic E-state index is 12.1. The van der Waals surface area contributed by atoms with Crippen molar-refractivity contribution in [2.24, 2.45) is 0 Å². The smallest absolute Gasteiger partial charge is 0.252 e. The zero-order chi connectivity index (χ0) is 14.8. The number of carbonyl (C=O) groups excluding carboxylic acids is 1. The SMILES string of the molecule is CC(C)N1Cc2ccnn2C(CNC(=O)c2ccsc2)C1. The summed E-state index contributed by atoms with van der Waals surface area (Å²) in [6.07, 6.45) is 1.84. The molecule has 0 saturated heterocycles. The fourth-order valence-corrected chi connectivity index (χ4v) is 3.30. The van der Waals surface area contributed by atoms with Crippen molar-refractivity contribution in [1.29, 1.82) is 0 Å². The molecule has 2 aromatic rings. The molecule has 2 aromatic heterocycles. The van der Waals surface area contributed by atoms with Gasteiger partial charge in [0.1, 0.15) is 0 Å². The highest BCUT2D eigenvalue weighted by atomic mass is 32.1. The number of hydrogen-bond acceptors (Lipinski definition) is 4. The van der Waals surface area contributed by atoms with Crippen molar-refractivity contribution in [3.63, 3.8) is 0 Å². The molecule has 1 N–H and O–H groups in total. The van der Waals surface area contributed by atoms with Gasteiger partial charge in [0.2, 0.25) is 0 Å². The molecule has 1 aliphatic heterocycles. The van der Waals surface area contributed by atoms with Gasteiger partial charge in [-0.25, -0.2) is 0 Å². The van der Waals surface area contributed by atoms with Crippen LogP contribution in [0.3, 0.4) is 0 Å². The summed E-state index contributed by atoms with van der Waals surface area (Å²) in [6.45, 7) is 6.84. The van der Waals surface area contributed by atoms with E-state index >= 15 is 0 Å². The molecule has 1 unspecified atom stereocenters. The Bertz CT molecular complexity index is 605. The van der Waals surface area contributed by atoms with E-state index in [0.29, 0.717) is 12.6 Å². The summed E-state index contributed by atoms with van der Waals surface area (Å²) in [5, 5.41) is 11.2. The second kappa shape index (κ2) is 5.99. The van der Waals surface area contributed by atoms with Gasteiger partial charge in [0.25, 0.3) is 5.91 Å². The number of amides is 1. The van der Waals surface area contributed by atoms with Gasteiger partial charge in [-0.1, -0.05) is 0 Å². The summed E-state index contributed by atoms with van der Waals surface area (Å²) in [6, 6.07) is 4.58. The molecule has 21 heavy (non-hydrogen) atoms. The van der Waals surface area contributed by atoms with Crippen molar-refractivity contribution in [1.82, 2.24) is 20.0 Å². The van der Waals surface area contributed by atoms with E-state index in [0.717, 1.165) is 18.7 Å². The van der Waals surface area contributed by atoms with E-state index in [1.54, 1.807) is 0 Å². The Morgan fingerprint density at radius 2 is 2.38 bits per heavy atom. The summed E-state index contributed by atoms with van der Waals surface area (Å²) < 4.78 is 2.05. The third-order valence-electron chi connectivity index (χ3n) is 3.92. The first-order valence-electron chi connectivity index (χ1n) is 7.22. The predicted molar refractivity (Wildman–Crippen MR) is 83.5 cm³/mol. The Kier molecular flexibility index (Phi) is 4.07. The normalized spacial score (nSPS) is 18.7. The quantitative estimate of drug-likeness (QED) is 0.941. The molecule has 0 aromatic carbocycles. The van der Waals surface area contributed by atoms with Crippen LogP contribution in [0.25, 0.3) is 0 Å². The third kappa shape index (κ3) is 3.01. The van der Waals surface area contributed by atoms with Crippen molar-refractivity contribution in [3.8, 4) is 0 Å². The zero-order valence-electron chi connectivity index (χ0n) is 12.3. The molecule has 1 aliphatic rings. The molecule has 3 rings (SSSR count). The van der Waals surface area contributed by atoms with Crippen molar-refractivity contribution in [2.45, 2.75) is 32.5 Å². The van der Waals surface area contributed by atoms with Gasteiger partial charge in [0.05, 0.1) is 11.7 Å². The second-order valence-corrected chi connectivity index (χ2v) is 6.45. The van der Waals surface area contributed by atoms with Crippen molar-refractivity contribution in [2.75, 3.05) is 13.1 Å². The molecule has 0 saturated carbocycles. The average Bonchev–Trinajstić information content (AvgIpc) is 3.14. The molecular weight excluding hydrogens is 284 g/mol.